The number of likely N-dealkylation sites (tertiary alicyclic amines) is 1. The number of nitrogens with zero attached hydrogens (tertiary/aromatic N) is 1. The lowest BCUT2D eigenvalue weighted by Gasteiger charge is -2.30. The van der Waals surface area contributed by atoms with Gasteiger partial charge in [0.1, 0.15) is 0 Å². The molecule has 1 heterocycles. The van der Waals surface area contributed by atoms with E-state index in [0.29, 0.717) is 6.10 Å². The van der Waals surface area contributed by atoms with Gasteiger partial charge in [-0.15, -0.1) is 12.3 Å². The van der Waals surface area contributed by atoms with Crippen LogP contribution in [-0.4, -0.2) is 37.7 Å². The van der Waals surface area contributed by atoms with Crippen molar-refractivity contribution in [3.8, 4) is 12.3 Å². The minimum atomic E-state index is 0.479. The van der Waals surface area contributed by atoms with E-state index >= 15 is 0 Å². The van der Waals surface area contributed by atoms with Crippen molar-refractivity contribution in [2.24, 2.45) is 0 Å². The number of hydrogen-bond acceptors (Lipinski definition) is 2. The molecule has 1 fully saturated rings. The molecular formula is C10H17NO. The molecule has 0 bridgehead atoms. The van der Waals surface area contributed by atoms with Crippen molar-refractivity contribution in [2.45, 2.75) is 25.4 Å². The number of hydrogen-bond donors (Lipinski definition) is 0. The van der Waals surface area contributed by atoms with E-state index in [1.807, 2.05) is 0 Å². The van der Waals surface area contributed by atoms with Crippen molar-refractivity contribution in [2.75, 3.05) is 26.7 Å². The van der Waals surface area contributed by atoms with Gasteiger partial charge < -0.3 is 9.64 Å². The van der Waals surface area contributed by atoms with Crippen LogP contribution in [-0.2, 0) is 4.74 Å². The fourth-order valence-electron chi connectivity index (χ4n) is 1.59. The van der Waals surface area contributed by atoms with Gasteiger partial charge in [-0.2, -0.15) is 0 Å². The van der Waals surface area contributed by atoms with Crippen molar-refractivity contribution in [1.82, 2.24) is 4.90 Å². The zero-order valence-corrected chi connectivity index (χ0v) is 7.75. The third kappa shape index (κ3) is 2.84. The Morgan fingerprint density at radius 1 is 1.50 bits per heavy atom. The monoisotopic (exact) mass is 167 g/mol. The molecule has 0 aromatic rings. The first kappa shape index (κ1) is 9.57. The Bertz CT molecular complexity index is 154. The largest absolute Gasteiger partial charge is 0.381 e. The smallest absolute Gasteiger partial charge is 0.0595 e. The fourth-order valence-corrected chi connectivity index (χ4v) is 1.59. The highest BCUT2D eigenvalue weighted by Crippen LogP contribution is 2.12. The minimum absolute atomic E-state index is 0.479. The van der Waals surface area contributed by atoms with Gasteiger partial charge in [-0.1, -0.05) is 0 Å². The molecule has 1 saturated heterocycles. The van der Waals surface area contributed by atoms with Crippen molar-refractivity contribution in [1.29, 1.82) is 0 Å². The highest BCUT2D eigenvalue weighted by Gasteiger charge is 2.17. The van der Waals surface area contributed by atoms with Crippen molar-refractivity contribution >= 4 is 0 Å². The van der Waals surface area contributed by atoms with E-state index < -0.39 is 0 Å². The standard InChI is InChI=1S/C10H17NO/c1-3-4-7-11-8-5-10(12-2)6-9-11/h1,10H,4-9H2,2H3. The van der Waals surface area contributed by atoms with E-state index in [9.17, 15) is 0 Å². The van der Waals surface area contributed by atoms with Gasteiger partial charge in [-0.25, -0.2) is 0 Å². The molecule has 0 amide bonds. The van der Waals surface area contributed by atoms with Gasteiger partial charge in [0, 0.05) is 33.2 Å². The van der Waals surface area contributed by atoms with Gasteiger partial charge in [0.05, 0.1) is 6.10 Å². The summed E-state index contributed by atoms with van der Waals surface area (Å²) in [4.78, 5) is 2.41. The minimum Gasteiger partial charge on any atom is -0.381 e. The van der Waals surface area contributed by atoms with E-state index in [-0.39, 0.29) is 0 Å². The van der Waals surface area contributed by atoms with Crippen LogP contribution in [0.2, 0.25) is 0 Å². The first-order valence-corrected chi connectivity index (χ1v) is 4.55. The van der Waals surface area contributed by atoms with E-state index in [4.69, 9.17) is 11.2 Å². The maximum Gasteiger partial charge on any atom is 0.0595 e. The number of ether oxygens (including phenoxy) is 1. The predicted molar refractivity (Wildman–Crippen MR) is 49.9 cm³/mol. The maximum absolute atomic E-state index is 5.28. The van der Waals surface area contributed by atoms with Crippen molar-refractivity contribution < 1.29 is 4.74 Å². The second-order valence-electron chi connectivity index (χ2n) is 3.23. The summed E-state index contributed by atoms with van der Waals surface area (Å²) in [6.45, 7) is 3.33. The van der Waals surface area contributed by atoms with Crippen LogP contribution >= 0.6 is 0 Å². The van der Waals surface area contributed by atoms with E-state index in [1.54, 1.807) is 7.11 Å². The van der Waals surface area contributed by atoms with Crippen LogP contribution in [0.4, 0.5) is 0 Å². The molecule has 2 heteroatoms. The number of rotatable bonds is 3. The van der Waals surface area contributed by atoms with E-state index in [1.165, 1.54) is 0 Å². The summed E-state index contributed by atoms with van der Waals surface area (Å²) in [6, 6.07) is 0. The Balaban J connectivity index is 2.14. The third-order valence-corrected chi connectivity index (χ3v) is 2.44. The zero-order valence-electron chi connectivity index (χ0n) is 7.75. The summed E-state index contributed by atoms with van der Waals surface area (Å²) in [6.07, 6.45) is 8.86. The Morgan fingerprint density at radius 3 is 2.67 bits per heavy atom. The molecule has 68 valence electrons. The Morgan fingerprint density at radius 2 is 2.17 bits per heavy atom. The maximum atomic E-state index is 5.28. The summed E-state index contributed by atoms with van der Waals surface area (Å²) in [7, 11) is 1.79. The third-order valence-electron chi connectivity index (χ3n) is 2.44. The highest BCUT2D eigenvalue weighted by molar-refractivity contribution is 4.85. The van der Waals surface area contributed by atoms with Crippen LogP contribution in [0, 0.1) is 12.3 Å². The Labute approximate surface area is 74.9 Å². The average molecular weight is 167 g/mol. The van der Waals surface area contributed by atoms with Crippen molar-refractivity contribution in [3.05, 3.63) is 0 Å². The van der Waals surface area contributed by atoms with Crippen molar-refractivity contribution in [3.63, 3.8) is 0 Å². The van der Waals surface area contributed by atoms with Gasteiger partial charge >= 0.3 is 0 Å². The molecule has 12 heavy (non-hydrogen) atoms. The van der Waals surface area contributed by atoms with Crippen LogP contribution in [0.25, 0.3) is 0 Å². The fraction of sp³-hybridized carbons (Fsp3) is 0.800. The second-order valence-corrected chi connectivity index (χ2v) is 3.23. The molecule has 0 atom stereocenters. The summed E-state index contributed by atoms with van der Waals surface area (Å²) < 4.78 is 5.28. The van der Waals surface area contributed by atoms with Gasteiger partial charge in [-0.05, 0) is 12.8 Å². The molecule has 1 aliphatic rings. The molecule has 2 nitrogen and oxygen atoms in total. The molecule has 0 radical (unpaired) electrons. The lowest BCUT2D eigenvalue weighted by molar-refractivity contribution is 0.0418. The molecule has 1 rings (SSSR count). The lowest BCUT2D eigenvalue weighted by atomic mass is 10.1. The van der Waals surface area contributed by atoms with E-state index in [0.717, 1.165) is 38.9 Å². The predicted octanol–water partition coefficient (Wildman–Crippen LogP) is 1.12. The van der Waals surface area contributed by atoms with Crippen LogP contribution in [0.15, 0.2) is 0 Å². The molecule has 1 aliphatic heterocycles. The molecule has 0 N–H and O–H groups in total. The highest BCUT2D eigenvalue weighted by atomic mass is 16.5. The van der Waals surface area contributed by atoms with Crippen LogP contribution in [0.1, 0.15) is 19.3 Å². The van der Waals surface area contributed by atoms with E-state index in [2.05, 4.69) is 10.8 Å². The second kappa shape index (κ2) is 5.18. The summed E-state index contributed by atoms with van der Waals surface area (Å²) in [5, 5.41) is 0. The molecule has 0 unspecified atom stereocenters. The normalized spacial score (nSPS) is 20.7. The summed E-state index contributed by atoms with van der Waals surface area (Å²) in [5.41, 5.74) is 0. The molecular weight excluding hydrogens is 150 g/mol. The number of terminal acetylenes is 1. The van der Waals surface area contributed by atoms with Gasteiger partial charge in [0.25, 0.3) is 0 Å². The molecule has 0 saturated carbocycles. The first-order chi connectivity index (χ1) is 5.86. The molecule has 0 aromatic heterocycles. The number of piperidine rings is 1. The SMILES string of the molecule is C#CCCN1CCC(OC)CC1. The van der Waals surface area contributed by atoms with Crippen LogP contribution in [0.5, 0.6) is 0 Å². The van der Waals surface area contributed by atoms with Gasteiger partial charge in [0.15, 0.2) is 0 Å². The number of methoxy groups -OCH3 is 1. The quantitative estimate of drug-likeness (QED) is 0.584. The Kier molecular flexibility index (Phi) is 4.13. The summed E-state index contributed by atoms with van der Waals surface area (Å²) >= 11 is 0. The topological polar surface area (TPSA) is 12.5 Å². The lowest BCUT2D eigenvalue weighted by Crippen LogP contribution is -2.37. The van der Waals surface area contributed by atoms with Crippen LogP contribution in [0.3, 0.4) is 0 Å². The van der Waals surface area contributed by atoms with Crippen LogP contribution < -0.4 is 0 Å². The zero-order chi connectivity index (χ0) is 8.81. The Hall–Kier alpha value is -0.520. The summed E-state index contributed by atoms with van der Waals surface area (Å²) in [5.74, 6) is 2.67. The molecule has 0 spiro atoms. The van der Waals surface area contributed by atoms with Gasteiger partial charge in [-0.3, -0.25) is 0 Å². The average Bonchev–Trinajstić information content (AvgIpc) is 2.15. The first-order valence-electron chi connectivity index (χ1n) is 4.55. The molecule has 0 aliphatic carbocycles. The van der Waals surface area contributed by atoms with Gasteiger partial charge in [0.2, 0.25) is 0 Å². The molecule has 0 aromatic carbocycles.